The molecule has 0 spiro atoms. The van der Waals surface area contributed by atoms with Crippen LogP contribution in [0, 0.1) is 30.6 Å². The number of ether oxygens (including phenoxy) is 4. The number of aromatic hydroxyl groups is 1. The lowest BCUT2D eigenvalue weighted by Crippen LogP contribution is -2.46. The first-order valence-corrected chi connectivity index (χ1v) is 20.4. The average molecular weight is 849 g/mol. The van der Waals surface area contributed by atoms with Crippen molar-refractivity contribution in [1.82, 2.24) is 4.98 Å². The molecule has 59 heavy (non-hydrogen) atoms. The summed E-state index contributed by atoms with van der Waals surface area (Å²) in [5, 5.41) is 37.4. The van der Waals surface area contributed by atoms with Gasteiger partial charge in [-0.3, -0.25) is 19.2 Å². The summed E-state index contributed by atoms with van der Waals surface area (Å²) in [6.45, 7) is 12.6. The standard InChI is InChI=1S/C43H49N2O12PS/c1-18-12-10-13-19(2)42(52)45-33-37(50)29-28(32-40(33)59-27-15-11-14-26(57-58)31(27)44-32)30-39(23(6)36(29)49)56-43(8,41(30)51)54-17-16-25(53-9)20(3)38(55-24(7)46)22(5)35(48)21(4)34(18)47/h10-18,20-22,25,34-35,38,47-48,50H,58H2,1-9H3,(H,45,52)/b12-10+,17-16+,19-13-. The number of allylic oxidation sites excluding steroid dienone is 2. The van der Waals surface area contributed by atoms with Gasteiger partial charge in [0.1, 0.15) is 28.8 Å². The molecule has 4 N–H and O–H groups in total. The summed E-state index contributed by atoms with van der Waals surface area (Å²) in [5.74, 6) is -6.57. The van der Waals surface area contributed by atoms with Gasteiger partial charge in [-0.1, -0.05) is 52.0 Å². The van der Waals surface area contributed by atoms with Gasteiger partial charge in [-0.2, -0.15) is 0 Å². The van der Waals surface area contributed by atoms with Crippen LogP contribution < -0.4 is 20.0 Å². The van der Waals surface area contributed by atoms with Crippen molar-refractivity contribution in [2.75, 3.05) is 12.4 Å². The Kier molecular flexibility index (Phi) is 12.6. The largest absolute Gasteiger partial charge is 0.505 e. The Bertz CT molecular complexity index is 2520. The van der Waals surface area contributed by atoms with Crippen molar-refractivity contribution < 1.29 is 53.2 Å². The molecule has 314 valence electrons. The zero-order valence-electron chi connectivity index (χ0n) is 34.2. The minimum absolute atomic E-state index is 0.00528. The fourth-order valence-electron chi connectivity index (χ4n) is 7.90. The molecule has 0 saturated carbocycles. The molecule has 10 unspecified atom stereocenters. The topological polar surface area (TPSA) is 200 Å². The lowest BCUT2D eigenvalue weighted by Gasteiger charge is -2.38. The fourth-order valence-corrected chi connectivity index (χ4v) is 9.19. The van der Waals surface area contributed by atoms with Gasteiger partial charge in [0.05, 0.1) is 59.9 Å². The molecule has 3 heterocycles. The van der Waals surface area contributed by atoms with E-state index in [4.69, 9.17) is 28.5 Å². The third-order valence-corrected chi connectivity index (χ3v) is 12.9. The number of aliphatic hydroxyl groups excluding tert-OH is 2. The van der Waals surface area contributed by atoms with Crippen molar-refractivity contribution in [2.45, 2.75) is 85.6 Å². The van der Waals surface area contributed by atoms with E-state index in [0.717, 1.165) is 11.3 Å². The first-order valence-electron chi connectivity index (χ1n) is 19.1. The number of fused-ring (bicyclic) bond motifs is 2. The Balaban J connectivity index is 1.60. The first-order chi connectivity index (χ1) is 27.9. The fraction of sp³-hybridized carbons (Fsp3) is 0.419. The number of aliphatic hydroxyl groups is 2. The molecule has 10 atom stereocenters. The molecule has 2 aliphatic heterocycles. The average Bonchev–Trinajstić information content (AvgIpc) is 3.47. The third kappa shape index (κ3) is 7.82. The molecule has 0 radical (unpaired) electrons. The summed E-state index contributed by atoms with van der Waals surface area (Å²) in [7, 11) is 3.62. The van der Waals surface area contributed by atoms with Crippen molar-refractivity contribution in [3.63, 3.8) is 0 Å². The summed E-state index contributed by atoms with van der Waals surface area (Å²) in [4.78, 5) is 60.0. The summed E-state index contributed by atoms with van der Waals surface area (Å²) < 4.78 is 30.2. The number of nitrogens with zero attached hydrogens (tertiary/aromatic N) is 1. The number of amides is 1. The van der Waals surface area contributed by atoms with Gasteiger partial charge < -0.3 is 44.1 Å². The van der Waals surface area contributed by atoms with Crippen LogP contribution in [0.25, 0.3) is 31.2 Å². The van der Waals surface area contributed by atoms with E-state index in [1.54, 1.807) is 65.0 Å². The molecule has 2 aliphatic rings. The first kappa shape index (κ1) is 43.7. The molecule has 0 fully saturated rings. The predicted molar refractivity (Wildman–Crippen MR) is 228 cm³/mol. The van der Waals surface area contributed by atoms with Crippen LogP contribution >= 0.6 is 20.8 Å². The lowest BCUT2D eigenvalue weighted by molar-refractivity contribution is -0.160. The van der Waals surface area contributed by atoms with Gasteiger partial charge in [-0.05, 0) is 32.1 Å². The normalized spacial score (nSPS) is 30.1. The van der Waals surface area contributed by atoms with Crippen LogP contribution in [0.5, 0.6) is 17.2 Å². The number of phenolic OH excluding ortho intramolecular Hbond substituents is 1. The second-order valence-corrected chi connectivity index (χ2v) is 16.7. The molecule has 16 heteroatoms. The molecule has 0 saturated heterocycles. The van der Waals surface area contributed by atoms with Crippen LogP contribution in [0.4, 0.5) is 5.69 Å². The van der Waals surface area contributed by atoms with E-state index in [1.165, 1.54) is 46.3 Å². The number of carbonyl (C=O) groups is 3. The number of methoxy groups -OCH3 is 1. The molecule has 14 nitrogen and oxygen atoms in total. The SMILES string of the molecule is COC1/C=C/OC2(C)Oc3c(C)c(=O)c4c(O)c(c5sc6cccc(OP)c6nc5c4c3C2=O)NC(=O)/C(C)=C\C=C\C(C)C(O)C(C)C(O)C(C)C(OC(C)=O)C1C. The second kappa shape index (κ2) is 17.0. The number of phenols is 1. The third-order valence-electron chi connectivity index (χ3n) is 11.5. The lowest BCUT2D eigenvalue weighted by atomic mass is 9.78. The van der Waals surface area contributed by atoms with E-state index in [2.05, 4.69) is 14.8 Å². The highest BCUT2D eigenvalue weighted by Gasteiger charge is 2.49. The molecular formula is C43H49N2O12PS. The molecular weight excluding hydrogens is 800 g/mol. The van der Waals surface area contributed by atoms with Crippen LogP contribution in [0.3, 0.4) is 0 Å². The molecule has 1 aromatic heterocycles. The molecule has 6 rings (SSSR count). The van der Waals surface area contributed by atoms with Crippen LogP contribution in [0.1, 0.15) is 64.4 Å². The summed E-state index contributed by atoms with van der Waals surface area (Å²) in [6, 6.07) is 5.23. The number of Topliss-reactive ketones (excluding diaryl/α,β-unsaturated/α-hetero) is 1. The smallest absolute Gasteiger partial charge is 0.312 e. The number of carbonyl (C=O) groups excluding carboxylic acids is 3. The van der Waals surface area contributed by atoms with Crippen LogP contribution in [-0.4, -0.2) is 75.3 Å². The minimum Gasteiger partial charge on any atom is -0.505 e. The molecule has 3 aromatic carbocycles. The van der Waals surface area contributed by atoms with Gasteiger partial charge in [0, 0.05) is 61.2 Å². The number of esters is 1. The minimum atomic E-state index is -2.01. The summed E-state index contributed by atoms with van der Waals surface area (Å²) in [6.07, 6.45) is 3.73. The Hall–Kier alpha value is -4.92. The van der Waals surface area contributed by atoms with Gasteiger partial charge in [0.25, 0.3) is 11.7 Å². The number of rotatable bonds is 3. The van der Waals surface area contributed by atoms with Gasteiger partial charge in [0.15, 0.2) is 11.2 Å². The van der Waals surface area contributed by atoms with Gasteiger partial charge in [-0.15, -0.1) is 11.3 Å². The van der Waals surface area contributed by atoms with E-state index in [1.807, 2.05) is 0 Å². The van der Waals surface area contributed by atoms with Crippen molar-refractivity contribution >= 4 is 75.4 Å². The number of nitrogens with one attached hydrogen (secondary N) is 1. The zero-order valence-corrected chi connectivity index (χ0v) is 36.2. The van der Waals surface area contributed by atoms with E-state index in [0.29, 0.717) is 16.0 Å². The summed E-state index contributed by atoms with van der Waals surface area (Å²) in [5.41, 5.74) is -0.0471. The maximum absolute atomic E-state index is 14.6. The number of benzene rings is 3. The number of ketones is 1. The number of hydrogen-bond donors (Lipinski definition) is 4. The van der Waals surface area contributed by atoms with Crippen molar-refractivity contribution in [2.24, 2.45) is 23.7 Å². The maximum atomic E-state index is 14.6. The summed E-state index contributed by atoms with van der Waals surface area (Å²) >= 11 is 1.16. The highest BCUT2D eigenvalue weighted by atomic mass is 32.1. The number of aromatic nitrogens is 1. The monoisotopic (exact) mass is 848 g/mol. The predicted octanol–water partition coefficient (Wildman–Crippen LogP) is 6.63. The Morgan fingerprint density at radius 2 is 1.71 bits per heavy atom. The van der Waals surface area contributed by atoms with E-state index < -0.39 is 82.7 Å². The maximum Gasteiger partial charge on any atom is 0.312 e. The van der Waals surface area contributed by atoms with Crippen molar-refractivity contribution in [1.29, 1.82) is 0 Å². The van der Waals surface area contributed by atoms with Crippen molar-refractivity contribution in [3.8, 4) is 17.2 Å². The molecule has 4 aromatic rings. The van der Waals surface area contributed by atoms with E-state index in [-0.39, 0.29) is 49.1 Å². The Morgan fingerprint density at radius 3 is 2.37 bits per heavy atom. The Morgan fingerprint density at radius 1 is 1.00 bits per heavy atom. The number of para-hydroxylation sites is 1. The quantitative estimate of drug-likeness (QED) is 0.0563. The van der Waals surface area contributed by atoms with Crippen molar-refractivity contribution in [3.05, 3.63) is 75.7 Å². The van der Waals surface area contributed by atoms with Crippen LogP contribution in [0.15, 0.2) is 59.1 Å². The van der Waals surface area contributed by atoms with Gasteiger partial charge in [-0.25, -0.2) is 4.98 Å². The highest BCUT2D eigenvalue weighted by molar-refractivity contribution is 7.25. The molecule has 1 amide bonds. The van der Waals surface area contributed by atoms with E-state index >= 15 is 0 Å². The van der Waals surface area contributed by atoms with Crippen LogP contribution in [-0.2, 0) is 23.8 Å². The van der Waals surface area contributed by atoms with E-state index in [9.17, 15) is 34.5 Å². The number of hydrogen-bond acceptors (Lipinski definition) is 14. The second-order valence-electron chi connectivity index (χ2n) is 15.4. The zero-order chi connectivity index (χ0) is 43.2. The highest BCUT2D eigenvalue weighted by Crippen LogP contribution is 2.50. The van der Waals surface area contributed by atoms with Gasteiger partial charge >= 0.3 is 11.8 Å². The van der Waals surface area contributed by atoms with Gasteiger partial charge in [0.2, 0.25) is 0 Å². The van der Waals surface area contributed by atoms with Crippen LogP contribution in [0.2, 0.25) is 0 Å². The Labute approximate surface area is 347 Å². The number of anilines is 1. The molecule has 0 aliphatic carbocycles. The molecule has 4 bridgehead atoms.